The Kier molecular flexibility index (Phi) is 58.3. The number of allylic oxidation sites excluding steroid dienone is 14. The van der Waals surface area contributed by atoms with Gasteiger partial charge in [0.1, 0.15) is 13.2 Å². The normalized spacial score (nSPS) is 12.6. The molecule has 0 bridgehead atoms. The Hall–Kier alpha value is -3.41. The molecule has 0 aromatic rings. The lowest BCUT2D eigenvalue weighted by atomic mass is 10.0. The van der Waals surface area contributed by atoms with E-state index in [-0.39, 0.29) is 31.1 Å². The minimum atomic E-state index is -0.783. The number of hydrogen-bond donors (Lipinski definition) is 0. The molecule has 0 spiro atoms. The highest BCUT2D eigenvalue weighted by atomic mass is 16.6. The molecule has 1 unspecified atom stereocenters. The first-order valence-corrected chi connectivity index (χ1v) is 31.1. The summed E-state index contributed by atoms with van der Waals surface area (Å²) in [6.07, 6.45) is 80.1. The molecule has 0 fully saturated rings. The van der Waals surface area contributed by atoms with E-state index in [1.807, 2.05) is 0 Å². The molecule has 0 rings (SSSR count). The molecule has 0 saturated heterocycles. The van der Waals surface area contributed by atoms with Crippen molar-refractivity contribution in [1.29, 1.82) is 0 Å². The molecule has 0 radical (unpaired) electrons. The molecule has 0 aromatic carbocycles. The molecule has 0 aliphatic heterocycles. The highest BCUT2D eigenvalue weighted by Crippen LogP contribution is 2.16. The summed E-state index contributed by atoms with van der Waals surface area (Å²) in [6, 6.07) is 0. The fraction of sp³-hybridized carbons (Fsp3) is 0.746. The average molecular weight is 1020 g/mol. The van der Waals surface area contributed by atoms with Crippen LogP contribution in [0, 0.1) is 0 Å². The van der Waals surface area contributed by atoms with Crippen LogP contribution in [0.5, 0.6) is 0 Å². The standard InChI is InChI=1S/C67H116O6/c1-4-7-10-13-16-19-22-24-26-28-30-31-32-33-34-35-37-38-40-42-45-48-51-54-57-60-66(69)72-63-64(62-71-65(68)59-56-53-50-47-44-21-18-15-12-9-6-3)73-67(70)61-58-55-52-49-46-43-41-39-36-29-27-25-23-20-17-14-11-8-5-2/h7,10,16-17,19-20,24-27,30-31,36,39,64H,4-6,8-9,11-15,18,21-23,28-29,32-35,37-38,40-63H2,1-3H3/b10-7-,19-16-,20-17-,26-24-,27-25-,31-30-,39-36-. The molecular weight excluding hydrogens is 901 g/mol. The zero-order valence-corrected chi connectivity index (χ0v) is 48.1. The molecule has 0 N–H and O–H groups in total. The lowest BCUT2D eigenvalue weighted by molar-refractivity contribution is -0.167. The largest absolute Gasteiger partial charge is 0.462 e. The van der Waals surface area contributed by atoms with E-state index in [1.165, 1.54) is 154 Å². The van der Waals surface area contributed by atoms with Crippen LogP contribution in [0.2, 0.25) is 0 Å². The van der Waals surface area contributed by atoms with Crippen molar-refractivity contribution >= 4 is 17.9 Å². The number of ether oxygens (including phenoxy) is 3. The molecule has 0 aromatic heterocycles. The monoisotopic (exact) mass is 1020 g/mol. The van der Waals surface area contributed by atoms with Gasteiger partial charge in [0.05, 0.1) is 0 Å². The Morgan fingerprint density at radius 2 is 0.534 bits per heavy atom. The molecule has 6 nitrogen and oxygen atoms in total. The second-order valence-corrected chi connectivity index (χ2v) is 20.6. The molecule has 0 aliphatic rings. The summed E-state index contributed by atoms with van der Waals surface area (Å²) in [7, 11) is 0. The first-order chi connectivity index (χ1) is 36.0. The van der Waals surface area contributed by atoms with Crippen LogP contribution < -0.4 is 0 Å². The van der Waals surface area contributed by atoms with Crippen LogP contribution >= 0.6 is 0 Å². The number of hydrogen-bond acceptors (Lipinski definition) is 6. The molecular formula is C67H116O6. The van der Waals surface area contributed by atoms with Crippen molar-refractivity contribution in [3.05, 3.63) is 85.1 Å². The number of rotatable bonds is 56. The predicted molar refractivity (Wildman–Crippen MR) is 316 cm³/mol. The summed E-state index contributed by atoms with van der Waals surface area (Å²) >= 11 is 0. The highest BCUT2D eigenvalue weighted by Gasteiger charge is 2.19. The van der Waals surface area contributed by atoms with Gasteiger partial charge in [-0.25, -0.2) is 0 Å². The minimum Gasteiger partial charge on any atom is -0.462 e. The van der Waals surface area contributed by atoms with E-state index in [9.17, 15) is 14.4 Å². The van der Waals surface area contributed by atoms with Gasteiger partial charge >= 0.3 is 17.9 Å². The Bertz CT molecular complexity index is 1400. The third-order valence-corrected chi connectivity index (χ3v) is 13.4. The first-order valence-electron chi connectivity index (χ1n) is 31.1. The SMILES string of the molecule is CC/C=C\C/C=C\C/C=C\C/C=C\CCCCCCCCCCCCCCC(=O)OCC(COC(=O)CCCCCCCCCCCCC)OC(=O)CCCCCCCC/C=C\C/C=C\C/C=C\CCCCC. The summed E-state index contributed by atoms with van der Waals surface area (Å²) in [6.45, 7) is 6.51. The summed E-state index contributed by atoms with van der Waals surface area (Å²) in [4.78, 5) is 38.2. The van der Waals surface area contributed by atoms with Crippen LogP contribution in [0.1, 0.15) is 303 Å². The van der Waals surface area contributed by atoms with Crippen LogP contribution in [0.4, 0.5) is 0 Å². The van der Waals surface area contributed by atoms with E-state index in [0.717, 1.165) is 109 Å². The summed E-state index contributed by atoms with van der Waals surface area (Å²) in [5, 5.41) is 0. The minimum absolute atomic E-state index is 0.0795. The van der Waals surface area contributed by atoms with Crippen molar-refractivity contribution in [3.63, 3.8) is 0 Å². The summed E-state index contributed by atoms with van der Waals surface area (Å²) in [5.74, 6) is -0.884. The predicted octanol–water partition coefficient (Wildman–Crippen LogP) is 21.1. The van der Waals surface area contributed by atoms with E-state index in [0.29, 0.717) is 19.3 Å². The Labute approximate surface area is 452 Å². The molecule has 1 atom stereocenters. The summed E-state index contributed by atoms with van der Waals surface area (Å²) in [5.41, 5.74) is 0. The van der Waals surface area contributed by atoms with Crippen molar-refractivity contribution in [2.45, 2.75) is 309 Å². The number of carbonyl (C=O) groups is 3. The van der Waals surface area contributed by atoms with E-state index < -0.39 is 6.10 Å². The maximum Gasteiger partial charge on any atom is 0.306 e. The molecule has 73 heavy (non-hydrogen) atoms. The molecule has 0 amide bonds. The second kappa shape index (κ2) is 61.1. The quantitative estimate of drug-likeness (QED) is 0.0261. The van der Waals surface area contributed by atoms with Crippen molar-refractivity contribution < 1.29 is 28.6 Å². The van der Waals surface area contributed by atoms with Crippen molar-refractivity contribution in [2.24, 2.45) is 0 Å². The maximum atomic E-state index is 12.9. The zero-order chi connectivity index (χ0) is 52.9. The third kappa shape index (κ3) is 59.3. The lowest BCUT2D eigenvalue weighted by Gasteiger charge is -2.18. The van der Waals surface area contributed by atoms with Gasteiger partial charge in [0.2, 0.25) is 0 Å². The fourth-order valence-corrected chi connectivity index (χ4v) is 8.74. The van der Waals surface area contributed by atoms with Gasteiger partial charge in [0.25, 0.3) is 0 Å². The van der Waals surface area contributed by atoms with Gasteiger partial charge in [-0.15, -0.1) is 0 Å². The van der Waals surface area contributed by atoms with Crippen molar-refractivity contribution in [1.82, 2.24) is 0 Å². The van der Waals surface area contributed by atoms with Gasteiger partial charge in [-0.3, -0.25) is 14.4 Å². The van der Waals surface area contributed by atoms with Crippen LogP contribution in [-0.4, -0.2) is 37.2 Å². The van der Waals surface area contributed by atoms with E-state index in [1.54, 1.807) is 0 Å². The van der Waals surface area contributed by atoms with Gasteiger partial charge < -0.3 is 14.2 Å². The molecule has 6 heteroatoms. The molecule has 0 saturated carbocycles. The van der Waals surface area contributed by atoms with Gasteiger partial charge in [0.15, 0.2) is 6.10 Å². The molecule has 0 aliphatic carbocycles. The van der Waals surface area contributed by atoms with E-state index in [2.05, 4.69) is 106 Å². The number of unbranched alkanes of at least 4 members (excludes halogenated alkanes) is 31. The van der Waals surface area contributed by atoms with E-state index in [4.69, 9.17) is 14.2 Å². The lowest BCUT2D eigenvalue weighted by Crippen LogP contribution is -2.30. The molecule has 0 heterocycles. The van der Waals surface area contributed by atoms with Crippen LogP contribution in [0.25, 0.3) is 0 Å². The Morgan fingerprint density at radius 1 is 0.288 bits per heavy atom. The van der Waals surface area contributed by atoms with Crippen LogP contribution in [0.15, 0.2) is 85.1 Å². The van der Waals surface area contributed by atoms with Crippen molar-refractivity contribution in [2.75, 3.05) is 13.2 Å². The molecule has 420 valence electrons. The van der Waals surface area contributed by atoms with Gasteiger partial charge in [0, 0.05) is 19.3 Å². The third-order valence-electron chi connectivity index (χ3n) is 13.4. The first kappa shape index (κ1) is 69.6. The Morgan fingerprint density at radius 3 is 0.863 bits per heavy atom. The van der Waals surface area contributed by atoms with Gasteiger partial charge in [-0.1, -0.05) is 273 Å². The number of esters is 3. The van der Waals surface area contributed by atoms with Crippen molar-refractivity contribution in [3.8, 4) is 0 Å². The van der Waals surface area contributed by atoms with Crippen LogP contribution in [-0.2, 0) is 28.6 Å². The second-order valence-electron chi connectivity index (χ2n) is 20.6. The highest BCUT2D eigenvalue weighted by molar-refractivity contribution is 5.71. The van der Waals surface area contributed by atoms with E-state index >= 15 is 0 Å². The van der Waals surface area contributed by atoms with Crippen LogP contribution in [0.3, 0.4) is 0 Å². The topological polar surface area (TPSA) is 78.9 Å². The fourth-order valence-electron chi connectivity index (χ4n) is 8.74. The summed E-state index contributed by atoms with van der Waals surface area (Å²) < 4.78 is 16.9. The van der Waals surface area contributed by atoms with Gasteiger partial charge in [-0.2, -0.15) is 0 Å². The zero-order valence-electron chi connectivity index (χ0n) is 48.1. The van der Waals surface area contributed by atoms with Gasteiger partial charge in [-0.05, 0) is 96.3 Å². The Balaban J connectivity index is 4.29. The number of carbonyl (C=O) groups excluding carboxylic acids is 3. The smallest absolute Gasteiger partial charge is 0.306 e. The maximum absolute atomic E-state index is 12.9. The average Bonchev–Trinajstić information content (AvgIpc) is 3.39.